The van der Waals surface area contributed by atoms with Gasteiger partial charge in [0.25, 0.3) is 11.5 Å². The molecule has 0 spiro atoms. The minimum atomic E-state index is -0.490. The van der Waals surface area contributed by atoms with Crippen LogP contribution in [0.4, 0.5) is 0 Å². The smallest absolute Gasteiger partial charge is 0.270 e. The zero-order valence-electron chi connectivity index (χ0n) is 12.1. The number of aliphatic hydroxyl groups excluding tert-OH is 1. The van der Waals surface area contributed by atoms with Gasteiger partial charge in [-0.3, -0.25) is 9.59 Å². The summed E-state index contributed by atoms with van der Waals surface area (Å²) >= 11 is 0. The molecule has 1 heterocycles. The number of rotatable bonds is 6. The molecule has 7 heteroatoms. The van der Waals surface area contributed by atoms with Gasteiger partial charge in [-0.1, -0.05) is 12.1 Å². The fourth-order valence-corrected chi connectivity index (χ4v) is 1.90. The van der Waals surface area contributed by atoms with Gasteiger partial charge in [0.2, 0.25) is 0 Å². The van der Waals surface area contributed by atoms with Crippen molar-refractivity contribution in [3.05, 3.63) is 57.8 Å². The molecule has 0 aliphatic heterocycles. The number of ether oxygens (including phenoxy) is 1. The van der Waals surface area contributed by atoms with Crippen LogP contribution in [0.2, 0.25) is 0 Å². The highest BCUT2D eigenvalue weighted by molar-refractivity contribution is 5.92. The molecule has 0 fully saturated rings. The second-order valence-corrected chi connectivity index (χ2v) is 4.58. The average Bonchev–Trinajstić information content (AvgIpc) is 2.52. The topological polar surface area (TPSA) is 104 Å². The fourth-order valence-electron chi connectivity index (χ4n) is 1.90. The Morgan fingerprint density at radius 3 is 2.73 bits per heavy atom. The van der Waals surface area contributed by atoms with E-state index < -0.39 is 11.5 Å². The fraction of sp³-hybridized carbons (Fsp3) is 0.267. The van der Waals surface area contributed by atoms with Gasteiger partial charge in [-0.15, -0.1) is 0 Å². The van der Waals surface area contributed by atoms with Crippen molar-refractivity contribution >= 4 is 5.91 Å². The number of nitrogens with one attached hydrogen (secondary N) is 2. The Labute approximate surface area is 127 Å². The predicted molar refractivity (Wildman–Crippen MR) is 80.1 cm³/mol. The quantitative estimate of drug-likeness (QED) is 0.701. The normalized spacial score (nSPS) is 10.3. The average molecular weight is 303 g/mol. The lowest BCUT2D eigenvalue weighted by Crippen LogP contribution is -2.29. The maximum atomic E-state index is 11.8. The molecule has 0 saturated heterocycles. The van der Waals surface area contributed by atoms with E-state index in [1.807, 2.05) is 24.3 Å². The van der Waals surface area contributed by atoms with E-state index in [-0.39, 0.29) is 18.8 Å². The van der Waals surface area contributed by atoms with E-state index in [2.05, 4.69) is 15.3 Å². The van der Waals surface area contributed by atoms with Gasteiger partial charge in [-0.25, -0.2) is 4.98 Å². The van der Waals surface area contributed by atoms with Gasteiger partial charge in [0.05, 0.1) is 13.7 Å². The van der Waals surface area contributed by atoms with Crippen molar-refractivity contribution in [3.8, 4) is 5.75 Å². The minimum Gasteiger partial charge on any atom is -0.497 e. The third-order valence-corrected chi connectivity index (χ3v) is 2.95. The van der Waals surface area contributed by atoms with E-state index in [1.165, 1.54) is 0 Å². The molecule has 0 unspecified atom stereocenters. The van der Waals surface area contributed by atoms with Crippen LogP contribution in [0.15, 0.2) is 35.1 Å². The summed E-state index contributed by atoms with van der Waals surface area (Å²) in [4.78, 5) is 30.2. The van der Waals surface area contributed by atoms with Crippen LogP contribution in [0.1, 0.15) is 21.9 Å². The predicted octanol–water partition coefficient (Wildman–Crippen LogP) is 0.0914. The Balaban J connectivity index is 2.18. The first kappa shape index (κ1) is 15.7. The number of benzene rings is 1. The van der Waals surface area contributed by atoms with Gasteiger partial charge in [0.1, 0.15) is 17.3 Å². The summed E-state index contributed by atoms with van der Waals surface area (Å²) in [6, 6.07) is 8.47. The summed E-state index contributed by atoms with van der Waals surface area (Å²) in [7, 11) is 1.59. The molecule has 0 atom stereocenters. The highest BCUT2D eigenvalue weighted by Gasteiger charge is 2.10. The van der Waals surface area contributed by atoms with Crippen molar-refractivity contribution in [2.24, 2.45) is 0 Å². The van der Waals surface area contributed by atoms with Crippen LogP contribution in [0.3, 0.4) is 0 Å². The molecule has 0 radical (unpaired) electrons. The van der Waals surface area contributed by atoms with Gasteiger partial charge >= 0.3 is 0 Å². The lowest BCUT2D eigenvalue weighted by Gasteiger charge is -2.06. The van der Waals surface area contributed by atoms with E-state index in [9.17, 15) is 9.59 Å². The number of hydrogen-bond donors (Lipinski definition) is 3. The maximum Gasteiger partial charge on any atom is 0.270 e. The highest BCUT2D eigenvalue weighted by Crippen LogP contribution is 2.13. The lowest BCUT2D eigenvalue weighted by atomic mass is 10.1. The van der Waals surface area contributed by atoms with Crippen LogP contribution in [-0.4, -0.2) is 41.2 Å². The number of carbonyl (C=O) groups excluding carboxylic acids is 1. The van der Waals surface area contributed by atoms with E-state index in [0.29, 0.717) is 12.2 Å². The summed E-state index contributed by atoms with van der Waals surface area (Å²) in [6.45, 7) is -0.0608. The largest absolute Gasteiger partial charge is 0.497 e. The van der Waals surface area contributed by atoms with Crippen molar-refractivity contribution in [3.63, 3.8) is 0 Å². The zero-order valence-corrected chi connectivity index (χ0v) is 12.1. The van der Waals surface area contributed by atoms with Gasteiger partial charge in [0.15, 0.2) is 0 Å². The van der Waals surface area contributed by atoms with Crippen molar-refractivity contribution in [2.75, 3.05) is 20.3 Å². The molecular weight excluding hydrogens is 286 g/mol. The Bertz CT molecular complexity index is 695. The molecule has 1 aromatic carbocycles. The summed E-state index contributed by atoms with van der Waals surface area (Å²) in [5, 5.41) is 11.2. The number of hydrogen-bond acceptors (Lipinski definition) is 5. The first-order chi connectivity index (χ1) is 10.6. The Morgan fingerprint density at radius 1 is 1.36 bits per heavy atom. The van der Waals surface area contributed by atoms with E-state index in [0.717, 1.165) is 17.4 Å². The number of amides is 1. The molecule has 22 heavy (non-hydrogen) atoms. The zero-order chi connectivity index (χ0) is 15.9. The Hall–Kier alpha value is -2.67. The molecule has 116 valence electrons. The van der Waals surface area contributed by atoms with Gasteiger partial charge < -0.3 is 20.1 Å². The van der Waals surface area contributed by atoms with Gasteiger partial charge in [0, 0.05) is 19.0 Å². The summed E-state index contributed by atoms with van der Waals surface area (Å²) in [6.07, 6.45) is 0.389. The van der Waals surface area contributed by atoms with Crippen molar-refractivity contribution in [2.45, 2.75) is 6.42 Å². The number of aliphatic hydroxyl groups is 1. The summed E-state index contributed by atoms with van der Waals surface area (Å²) in [5.41, 5.74) is 0.560. The van der Waals surface area contributed by atoms with Gasteiger partial charge in [-0.05, 0) is 17.7 Å². The Morgan fingerprint density at radius 2 is 2.09 bits per heavy atom. The van der Waals surface area contributed by atoms with Crippen LogP contribution in [0.25, 0.3) is 0 Å². The van der Waals surface area contributed by atoms with Crippen LogP contribution < -0.4 is 15.6 Å². The van der Waals surface area contributed by atoms with Crippen molar-refractivity contribution in [1.82, 2.24) is 15.3 Å². The summed E-state index contributed by atoms with van der Waals surface area (Å²) in [5.74, 6) is 0.644. The second-order valence-electron chi connectivity index (χ2n) is 4.58. The van der Waals surface area contributed by atoms with E-state index in [4.69, 9.17) is 9.84 Å². The second kappa shape index (κ2) is 7.37. The first-order valence-corrected chi connectivity index (χ1v) is 6.74. The molecule has 1 amide bonds. The molecule has 0 aliphatic carbocycles. The first-order valence-electron chi connectivity index (χ1n) is 6.74. The van der Waals surface area contributed by atoms with Crippen LogP contribution >= 0.6 is 0 Å². The molecule has 2 rings (SSSR count). The number of aromatic nitrogens is 2. The summed E-state index contributed by atoms with van der Waals surface area (Å²) < 4.78 is 5.08. The van der Waals surface area contributed by atoms with Crippen LogP contribution in [0, 0.1) is 0 Å². The number of aromatic amines is 1. The van der Waals surface area contributed by atoms with Crippen molar-refractivity contribution in [1.29, 1.82) is 0 Å². The molecule has 0 bridgehead atoms. The molecule has 7 nitrogen and oxygen atoms in total. The molecule has 0 saturated carbocycles. The molecule has 0 aliphatic rings. The molecule has 2 aromatic rings. The number of nitrogens with zero attached hydrogens (tertiary/aromatic N) is 1. The van der Waals surface area contributed by atoms with Crippen molar-refractivity contribution < 1.29 is 14.6 Å². The molecule has 1 aromatic heterocycles. The lowest BCUT2D eigenvalue weighted by molar-refractivity contribution is 0.0939. The number of H-pyrrole nitrogens is 1. The van der Waals surface area contributed by atoms with Crippen LogP contribution in [-0.2, 0) is 6.42 Å². The standard InChI is InChI=1S/C15H17N3O4/c1-22-11-4-2-10(3-5-11)8-13-17-12(9-14(20)18-13)15(21)16-6-7-19/h2-5,9,19H,6-8H2,1H3,(H,16,21)(H,17,18,20). The van der Waals surface area contributed by atoms with Gasteiger partial charge in [-0.2, -0.15) is 0 Å². The third-order valence-electron chi connectivity index (χ3n) is 2.95. The number of methoxy groups -OCH3 is 1. The monoisotopic (exact) mass is 303 g/mol. The molecule has 3 N–H and O–H groups in total. The number of carbonyl (C=O) groups is 1. The Kier molecular flexibility index (Phi) is 5.26. The minimum absolute atomic E-state index is 0.0284. The maximum absolute atomic E-state index is 11.8. The van der Waals surface area contributed by atoms with E-state index in [1.54, 1.807) is 7.11 Å². The van der Waals surface area contributed by atoms with Crippen LogP contribution in [0.5, 0.6) is 5.75 Å². The molecular formula is C15H17N3O4. The highest BCUT2D eigenvalue weighted by atomic mass is 16.5. The van der Waals surface area contributed by atoms with E-state index >= 15 is 0 Å². The third kappa shape index (κ3) is 4.16. The SMILES string of the molecule is COc1ccc(Cc2nc(C(=O)NCCO)cc(=O)[nH]2)cc1.